The zero-order valence-corrected chi connectivity index (χ0v) is 15.6. The highest BCUT2D eigenvalue weighted by molar-refractivity contribution is 7.85. The Morgan fingerprint density at radius 1 is 1.29 bits per heavy atom. The number of anilines is 4. The summed E-state index contributed by atoms with van der Waals surface area (Å²) in [6.07, 6.45) is -1.61. The van der Waals surface area contributed by atoms with Crippen molar-refractivity contribution in [2.75, 3.05) is 28.8 Å². The number of ether oxygens (including phenoxy) is 1. The predicted octanol–water partition coefficient (Wildman–Crippen LogP) is 0.749. The number of nitrogens with one attached hydrogen (secondary N) is 2. The third-order valence-corrected chi connectivity index (χ3v) is 5.94. The number of aliphatic hydroxyl groups is 1. The first-order valence-corrected chi connectivity index (χ1v) is 10.4. The van der Waals surface area contributed by atoms with E-state index in [-0.39, 0.29) is 6.61 Å². The minimum absolute atomic E-state index is 0.0533. The van der Waals surface area contributed by atoms with Crippen molar-refractivity contribution in [3.05, 3.63) is 36.7 Å². The van der Waals surface area contributed by atoms with Gasteiger partial charge in [0, 0.05) is 5.69 Å². The van der Waals surface area contributed by atoms with Gasteiger partial charge < -0.3 is 25.4 Å². The van der Waals surface area contributed by atoms with Crippen molar-refractivity contribution in [1.29, 1.82) is 0 Å². The molecule has 3 aliphatic rings. The number of fused-ring (bicyclic) bond motifs is 2. The molecule has 4 N–H and O–H groups in total. The number of hydrogen-bond acceptors (Lipinski definition) is 10. The molecule has 28 heavy (non-hydrogen) atoms. The van der Waals surface area contributed by atoms with Gasteiger partial charge in [-0.1, -0.05) is 18.2 Å². The highest BCUT2D eigenvalue weighted by Crippen LogP contribution is 2.58. The van der Waals surface area contributed by atoms with Gasteiger partial charge in [-0.2, -0.15) is 9.05 Å². The first-order valence-electron chi connectivity index (χ1n) is 8.76. The SMILES string of the molecule is [B][P+]1(O)OCC2OC(N3CNc4c(Nc5ccccc5)ncnc43)C(O)[C@@H]2O1. The van der Waals surface area contributed by atoms with E-state index in [2.05, 4.69) is 20.6 Å². The predicted molar refractivity (Wildman–Crippen MR) is 103 cm³/mol. The molecule has 12 heteroatoms. The standard InChI is InChI=1S/C16H18BN5O5P/c17-28(24)25-6-10-13(27-28)12(23)16(26-10)22-8-20-11-14(18-7-19-15(11)22)21-9-4-2-1-3-5-9/h1-5,7,10,12-13,16,20,23-24H,6,8H2,(H,18,19,21)/q+1/t10?,12?,13-,16?,28?/m1/s1. The molecule has 4 unspecified atom stereocenters. The zero-order valence-electron chi connectivity index (χ0n) is 14.7. The van der Waals surface area contributed by atoms with Crippen molar-refractivity contribution < 1.29 is 23.8 Å². The maximum Gasteiger partial charge on any atom is 0.488 e. The third-order valence-electron chi connectivity index (χ3n) is 4.88. The molecule has 144 valence electrons. The van der Waals surface area contributed by atoms with Crippen molar-refractivity contribution >= 4 is 38.4 Å². The van der Waals surface area contributed by atoms with Gasteiger partial charge in [-0.15, -0.1) is 0 Å². The molecule has 2 saturated heterocycles. The van der Waals surface area contributed by atoms with Crippen molar-refractivity contribution in [2.45, 2.75) is 24.5 Å². The molecule has 0 bridgehead atoms. The number of hydrogen-bond donors (Lipinski definition) is 4. The van der Waals surface area contributed by atoms with Crippen LogP contribution in [0.5, 0.6) is 0 Å². The van der Waals surface area contributed by atoms with E-state index in [9.17, 15) is 10.00 Å². The highest BCUT2D eigenvalue weighted by atomic mass is 31.2. The Morgan fingerprint density at radius 2 is 2.11 bits per heavy atom. The van der Waals surface area contributed by atoms with Crippen molar-refractivity contribution in [1.82, 2.24) is 9.97 Å². The van der Waals surface area contributed by atoms with E-state index in [4.69, 9.17) is 21.4 Å². The summed E-state index contributed by atoms with van der Waals surface area (Å²) in [7, 11) is 2.14. The summed E-state index contributed by atoms with van der Waals surface area (Å²) >= 11 is 0. The quantitative estimate of drug-likeness (QED) is 0.432. The van der Waals surface area contributed by atoms with Crippen LogP contribution in [0.25, 0.3) is 0 Å². The fourth-order valence-electron chi connectivity index (χ4n) is 3.59. The molecule has 0 spiro atoms. The number of para-hydroxylation sites is 1. The van der Waals surface area contributed by atoms with E-state index < -0.39 is 32.4 Å². The first kappa shape index (κ1) is 18.1. The van der Waals surface area contributed by atoms with Crippen molar-refractivity contribution in [2.24, 2.45) is 0 Å². The highest BCUT2D eigenvalue weighted by Gasteiger charge is 2.58. The topological polar surface area (TPSA) is 121 Å². The largest absolute Gasteiger partial charge is 0.488 e. The number of aliphatic hydroxyl groups excluding tert-OH is 1. The molecule has 5 atom stereocenters. The molecule has 1 aromatic carbocycles. The van der Waals surface area contributed by atoms with E-state index >= 15 is 0 Å². The van der Waals surface area contributed by atoms with Gasteiger partial charge >= 0.3 is 15.4 Å². The molecule has 5 rings (SSSR count). The van der Waals surface area contributed by atoms with E-state index in [1.54, 1.807) is 4.90 Å². The molecule has 10 nitrogen and oxygen atoms in total. The Hall–Kier alpha value is -2.01. The van der Waals surface area contributed by atoms with Crippen molar-refractivity contribution in [3.63, 3.8) is 0 Å². The summed E-state index contributed by atoms with van der Waals surface area (Å²) in [5, 5.41) is 17.2. The summed E-state index contributed by atoms with van der Waals surface area (Å²) in [5.41, 5.74) is 1.60. The second kappa shape index (κ2) is 6.80. The fourth-order valence-corrected chi connectivity index (χ4v) is 4.62. The summed E-state index contributed by atoms with van der Waals surface area (Å²) in [6, 6.07) is 9.66. The van der Waals surface area contributed by atoms with Gasteiger partial charge in [0.25, 0.3) is 0 Å². The Morgan fingerprint density at radius 3 is 2.93 bits per heavy atom. The lowest BCUT2D eigenvalue weighted by Gasteiger charge is -2.28. The molecule has 4 heterocycles. The lowest BCUT2D eigenvalue weighted by molar-refractivity contribution is -0.0440. The van der Waals surface area contributed by atoms with E-state index in [1.165, 1.54) is 6.33 Å². The number of rotatable bonds is 3. The van der Waals surface area contributed by atoms with Crippen LogP contribution in [0.15, 0.2) is 36.7 Å². The molecule has 0 saturated carbocycles. The molecule has 0 amide bonds. The van der Waals surface area contributed by atoms with E-state index in [0.717, 1.165) is 5.69 Å². The van der Waals surface area contributed by atoms with Crippen LogP contribution in [0, 0.1) is 0 Å². The van der Waals surface area contributed by atoms with Crippen LogP contribution in [0.2, 0.25) is 0 Å². The molecule has 0 aliphatic carbocycles. The average Bonchev–Trinajstić information content (AvgIpc) is 3.24. The van der Waals surface area contributed by atoms with Crippen LogP contribution < -0.4 is 15.5 Å². The Kier molecular flexibility index (Phi) is 4.39. The second-order valence-electron chi connectivity index (χ2n) is 6.70. The third kappa shape index (κ3) is 3.10. The molecule has 2 aromatic rings. The summed E-state index contributed by atoms with van der Waals surface area (Å²) in [4.78, 5) is 20.3. The van der Waals surface area contributed by atoms with Gasteiger partial charge in [0.1, 0.15) is 30.8 Å². The molecule has 2 radical (unpaired) electrons. The molecule has 2 fully saturated rings. The summed E-state index contributed by atoms with van der Waals surface area (Å²) < 4.78 is 16.4. The number of nitrogens with zero attached hydrogens (tertiary/aromatic N) is 3. The molecule has 3 aliphatic heterocycles. The van der Waals surface area contributed by atoms with Crippen molar-refractivity contribution in [3.8, 4) is 0 Å². The number of aromatic nitrogens is 2. The minimum Gasteiger partial charge on any atom is -0.385 e. The second-order valence-corrected chi connectivity index (χ2v) is 8.30. The van der Waals surface area contributed by atoms with Crippen LogP contribution in [0.4, 0.5) is 23.0 Å². The lowest BCUT2D eigenvalue weighted by atomic mass is 10.1. The van der Waals surface area contributed by atoms with Crippen LogP contribution in [-0.2, 0) is 13.8 Å². The van der Waals surface area contributed by atoms with Crippen LogP contribution >= 0.6 is 7.82 Å². The molecule has 1 aromatic heterocycles. The minimum atomic E-state index is -3.42. The van der Waals surface area contributed by atoms with Crippen LogP contribution in [0.1, 0.15) is 0 Å². The smallest absolute Gasteiger partial charge is 0.385 e. The van der Waals surface area contributed by atoms with E-state index in [0.29, 0.717) is 24.0 Å². The molecular formula is C16H18BN5O5P+. The van der Waals surface area contributed by atoms with Gasteiger partial charge in [0.15, 0.2) is 24.0 Å². The maximum atomic E-state index is 10.7. The number of benzene rings is 1. The zero-order chi connectivity index (χ0) is 19.3. The van der Waals surface area contributed by atoms with Gasteiger partial charge in [0.05, 0.1) is 6.67 Å². The summed E-state index contributed by atoms with van der Waals surface area (Å²) in [6.45, 7) is 0.416. The fraction of sp³-hybridized carbons (Fsp3) is 0.375. The van der Waals surface area contributed by atoms with Gasteiger partial charge in [-0.3, -0.25) is 0 Å². The monoisotopic (exact) mass is 402 g/mol. The summed E-state index contributed by atoms with van der Waals surface area (Å²) in [5.74, 6) is 1.21. The normalized spacial score (nSPS) is 33.9. The maximum absolute atomic E-state index is 10.7. The average molecular weight is 402 g/mol. The van der Waals surface area contributed by atoms with E-state index in [1.807, 2.05) is 30.3 Å². The Bertz CT molecular complexity index is 878. The van der Waals surface area contributed by atoms with Crippen LogP contribution in [-0.4, -0.2) is 65.3 Å². The Balaban J connectivity index is 1.39. The Labute approximate surface area is 162 Å². The first-order chi connectivity index (χ1) is 13.5. The van der Waals surface area contributed by atoms with Gasteiger partial charge in [-0.05, 0) is 12.1 Å². The van der Waals surface area contributed by atoms with Crippen LogP contribution in [0.3, 0.4) is 0 Å². The molecular weight excluding hydrogens is 384 g/mol. The van der Waals surface area contributed by atoms with Gasteiger partial charge in [-0.25, -0.2) is 14.9 Å². The lowest BCUT2D eigenvalue weighted by Crippen LogP contribution is -2.45. The van der Waals surface area contributed by atoms with Gasteiger partial charge in [0.2, 0.25) is 0 Å².